The number of nitrogens with one attached hydrogen (secondary N) is 2. The molecule has 0 spiro atoms. The molecule has 1 unspecified atom stereocenters. The van der Waals surface area contributed by atoms with Crippen LogP contribution >= 0.6 is 0 Å². The van der Waals surface area contributed by atoms with Gasteiger partial charge in [0.05, 0.1) is 16.3 Å². The van der Waals surface area contributed by atoms with Gasteiger partial charge in [0.25, 0.3) is 15.9 Å². The molecule has 0 fully saturated rings. The highest BCUT2D eigenvalue weighted by Crippen LogP contribution is 2.32. The third-order valence-corrected chi connectivity index (χ3v) is 5.00. The molecule has 0 aromatic heterocycles. The molecule has 1 heterocycles. The van der Waals surface area contributed by atoms with Crippen LogP contribution in [0.3, 0.4) is 0 Å². The van der Waals surface area contributed by atoms with Gasteiger partial charge in [-0.05, 0) is 49.7 Å². The second-order valence-corrected chi connectivity index (χ2v) is 7.16. The van der Waals surface area contributed by atoms with Crippen LogP contribution in [0.2, 0.25) is 0 Å². The number of anilines is 2. The predicted molar refractivity (Wildman–Crippen MR) is 87.1 cm³/mol. The van der Waals surface area contributed by atoms with E-state index in [1.165, 1.54) is 24.3 Å². The van der Waals surface area contributed by atoms with Gasteiger partial charge in [-0.2, -0.15) is 0 Å². The minimum absolute atomic E-state index is 0.183. The summed E-state index contributed by atoms with van der Waals surface area (Å²) in [5, 5.41) is 2.63. The summed E-state index contributed by atoms with van der Waals surface area (Å²) in [5.41, 5.74) is 0.957. The van der Waals surface area contributed by atoms with Crippen molar-refractivity contribution < 1.29 is 22.3 Å². The first-order valence-electron chi connectivity index (χ1n) is 7.17. The Morgan fingerprint density at radius 2 is 1.96 bits per heavy atom. The minimum Gasteiger partial charge on any atom is -0.479 e. The zero-order valence-corrected chi connectivity index (χ0v) is 13.8. The summed E-state index contributed by atoms with van der Waals surface area (Å²) in [5.74, 6) is -0.465. The fraction of sp³-hybridized carbons (Fsp3) is 0.188. The third-order valence-electron chi connectivity index (χ3n) is 3.62. The number of hydrogen-bond acceptors (Lipinski definition) is 4. The SMILES string of the molecule is Cc1ccc(S(=O)(=O)Nc2ccc3c(c2)NC(=O)C(C)O3)cc1F. The van der Waals surface area contributed by atoms with E-state index >= 15 is 0 Å². The van der Waals surface area contributed by atoms with Crippen molar-refractivity contribution in [3.63, 3.8) is 0 Å². The molecular formula is C16H15FN2O4S. The molecule has 6 nitrogen and oxygen atoms in total. The number of rotatable bonds is 3. The molecule has 0 aliphatic carbocycles. The number of halogens is 1. The lowest BCUT2D eigenvalue weighted by atomic mass is 10.2. The van der Waals surface area contributed by atoms with Crippen LogP contribution in [0.4, 0.5) is 15.8 Å². The maximum atomic E-state index is 13.6. The van der Waals surface area contributed by atoms with Crippen LogP contribution in [-0.4, -0.2) is 20.4 Å². The Morgan fingerprint density at radius 3 is 2.67 bits per heavy atom. The number of fused-ring (bicyclic) bond motifs is 1. The van der Waals surface area contributed by atoms with Gasteiger partial charge in [-0.15, -0.1) is 0 Å². The van der Waals surface area contributed by atoms with Gasteiger partial charge in [-0.25, -0.2) is 12.8 Å². The largest absolute Gasteiger partial charge is 0.479 e. The summed E-state index contributed by atoms with van der Waals surface area (Å²) in [6.07, 6.45) is -0.615. The molecule has 2 aromatic rings. The normalized spacial score (nSPS) is 16.8. The number of carbonyl (C=O) groups is 1. The second kappa shape index (κ2) is 5.79. The van der Waals surface area contributed by atoms with Crippen molar-refractivity contribution in [3.05, 3.63) is 47.8 Å². The first-order chi connectivity index (χ1) is 11.3. The summed E-state index contributed by atoms with van der Waals surface area (Å²) in [6, 6.07) is 8.19. The topological polar surface area (TPSA) is 84.5 Å². The van der Waals surface area contributed by atoms with E-state index in [1.807, 2.05) is 0 Å². The van der Waals surface area contributed by atoms with Gasteiger partial charge >= 0.3 is 0 Å². The van der Waals surface area contributed by atoms with Gasteiger partial charge in [0.2, 0.25) is 0 Å². The number of benzene rings is 2. The zero-order valence-electron chi connectivity index (χ0n) is 13.0. The Kier molecular flexibility index (Phi) is 3.92. The van der Waals surface area contributed by atoms with Gasteiger partial charge in [-0.3, -0.25) is 9.52 Å². The fourth-order valence-electron chi connectivity index (χ4n) is 2.23. The fourth-order valence-corrected chi connectivity index (χ4v) is 3.29. The molecule has 0 radical (unpaired) electrons. The third kappa shape index (κ3) is 3.05. The van der Waals surface area contributed by atoms with E-state index in [-0.39, 0.29) is 16.5 Å². The van der Waals surface area contributed by atoms with Crippen LogP contribution in [-0.2, 0) is 14.8 Å². The number of ether oxygens (including phenoxy) is 1. The van der Waals surface area contributed by atoms with Crippen LogP contribution in [0.1, 0.15) is 12.5 Å². The lowest BCUT2D eigenvalue weighted by molar-refractivity contribution is -0.122. The average Bonchev–Trinajstić information content (AvgIpc) is 2.51. The van der Waals surface area contributed by atoms with Crippen molar-refractivity contribution in [2.75, 3.05) is 10.0 Å². The van der Waals surface area contributed by atoms with Crippen LogP contribution < -0.4 is 14.8 Å². The molecule has 8 heteroatoms. The van der Waals surface area contributed by atoms with E-state index in [2.05, 4.69) is 10.0 Å². The van der Waals surface area contributed by atoms with E-state index in [1.54, 1.807) is 19.9 Å². The molecule has 3 rings (SSSR count). The smallest absolute Gasteiger partial charge is 0.265 e. The summed E-state index contributed by atoms with van der Waals surface area (Å²) < 4.78 is 46.1. The zero-order chi connectivity index (χ0) is 17.5. The Morgan fingerprint density at radius 1 is 1.21 bits per heavy atom. The number of hydrogen-bond donors (Lipinski definition) is 2. The molecule has 1 aliphatic heterocycles. The highest BCUT2D eigenvalue weighted by Gasteiger charge is 2.24. The maximum Gasteiger partial charge on any atom is 0.265 e. The van der Waals surface area contributed by atoms with Crippen molar-refractivity contribution in [1.82, 2.24) is 0 Å². The van der Waals surface area contributed by atoms with E-state index in [9.17, 15) is 17.6 Å². The Labute approximate surface area is 138 Å². The lowest BCUT2D eigenvalue weighted by Crippen LogP contribution is -2.34. The van der Waals surface area contributed by atoms with Crippen molar-refractivity contribution in [1.29, 1.82) is 0 Å². The van der Waals surface area contributed by atoms with Crippen molar-refractivity contribution in [3.8, 4) is 5.75 Å². The van der Waals surface area contributed by atoms with Crippen LogP contribution in [0.5, 0.6) is 5.75 Å². The lowest BCUT2D eigenvalue weighted by Gasteiger charge is -2.23. The first kappa shape index (κ1) is 16.3. The molecule has 0 bridgehead atoms. The molecule has 24 heavy (non-hydrogen) atoms. The molecular weight excluding hydrogens is 335 g/mol. The number of carbonyl (C=O) groups excluding carboxylic acids is 1. The molecule has 0 saturated heterocycles. The van der Waals surface area contributed by atoms with Crippen LogP contribution in [0.25, 0.3) is 0 Å². The molecule has 0 saturated carbocycles. The number of sulfonamides is 1. The molecule has 1 atom stereocenters. The Hall–Kier alpha value is -2.61. The predicted octanol–water partition coefficient (Wildman–Crippen LogP) is 2.65. The van der Waals surface area contributed by atoms with Gasteiger partial charge in [0.15, 0.2) is 6.10 Å². The second-order valence-electron chi connectivity index (χ2n) is 5.48. The van der Waals surface area contributed by atoms with Gasteiger partial charge < -0.3 is 10.1 Å². The van der Waals surface area contributed by atoms with E-state index < -0.39 is 21.9 Å². The molecule has 2 aromatic carbocycles. The summed E-state index contributed by atoms with van der Waals surface area (Å²) >= 11 is 0. The maximum absolute atomic E-state index is 13.6. The molecule has 1 aliphatic rings. The Balaban J connectivity index is 1.89. The molecule has 2 N–H and O–H groups in total. The summed E-state index contributed by atoms with van der Waals surface area (Å²) in [6.45, 7) is 3.16. The molecule has 126 valence electrons. The first-order valence-corrected chi connectivity index (χ1v) is 8.65. The van der Waals surface area contributed by atoms with Gasteiger partial charge in [0, 0.05) is 0 Å². The average molecular weight is 350 g/mol. The summed E-state index contributed by atoms with van der Waals surface area (Å²) in [4.78, 5) is 11.4. The minimum atomic E-state index is -3.95. The monoisotopic (exact) mass is 350 g/mol. The van der Waals surface area contributed by atoms with Crippen molar-refractivity contribution in [2.45, 2.75) is 24.8 Å². The van der Waals surface area contributed by atoms with Gasteiger partial charge in [-0.1, -0.05) is 6.07 Å². The van der Waals surface area contributed by atoms with Crippen LogP contribution in [0, 0.1) is 12.7 Å². The Bertz CT molecular complexity index is 928. The van der Waals surface area contributed by atoms with E-state index in [4.69, 9.17) is 4.74 Å². The molecule has 1 amide bonds. The highest BCUT2D eigenvalue weighted by molar-refractivity contribution is 7.92. The van der Waals surface area contributed by atoms with Crippen LogP contribution in [0.15, 0.2) is 41.3 Å². The standard InChI is InChI=1S/C16H15FN2O4S/c1-9-3-5-12(8-13(9)17)24(21,22)19-11-4-6-15-14(7-11)18-16(20)10(2)23-15/h3-8,10,19H,1-2H3,(H,18,20). The summed E-state index contributed by atoms with van der Waals surface area (Å²) in [7, 11) is -3.95. The van der Waals surface area contributed by atoms with Crippen molar-refractivity contribution >= 4 is 27.3 Å². The van der Waals surface area contributed by atoms with E-state index in [0.717, 1.165) is 6.07 Å². The number of aryl methyl sites for hydroxylation is 1. The highest BCUT2D eigenvalue weighted by atomic mass is 32.2. The quantitative estimate of drug-likeness (QED) is 0.891. The van der Waals surface area contributed by atoms with Gasteiger partial charge in [0.1, 0.15) is 11.6 Å². The number of amides is 1. The van der Waals surface area contributed by atoms with Crippen molar-refractivity contribution in [2.24, 2.45) is 0 Å². The van der Waals surface area contributed by atoms with E-state index in [0.29, 0.717) is 17.0 Å².